The maximum absolute atomic E-state index is 14.4. The van der Waals surface area contributed by atoms with Crippen LogP contribution in [0.25, 0.3) is 0 Å². The highest BCUT2D eigenvalue weighted by atomic mass is 19.3. The SMILES string of the molecule is O=C(c1ccccc1)C(F)(F)[C@@H]1OCc2ccccc21. The third-order valence-electron chi connectivity index (χ3n) is 3.41. The zero-order chi connectivity index (χ0) is 14.2. The van der Waals surface area contributed by atoms with Gasteiger partial charge in [-0.1, -0.05) is 54.6 Å². The summed E-state index contributed by atoms with van der Waals surface area (Å²) in [6.45, 7) is 0.110. The Bertz CT molecular complexity index is 638. The molecule has 2 nitrogen and oxygen atoms in total. The summed E-state index contributed by atoms with van der Waals surface area (Å²) in [6.07, 6.45) is -1.51. The van der Waals surface area contributed by atoms with Gasteiger partial charge in [-0.15, -0.1) is 0 Å². The van der Waals surface area contributed by atoms with Gasteiger partial charge in [-0.3, -0.25) is 4.79 Å². The van der Waals surface area contributed by atoms with Gasteiger partial charge >= 0.3 is 5.92 Å². The summed E-state index contributed by atoms with van der Waals surface area (Å²) in [5.74, 6) is -4.78. The number of halogens is 2. The number of alkyl halides is 2. The maximum Gasteiger partial charge on any atom is 0.339 e. The molecule has 2 aromatic carbocycles. The van der Waals surface area contributed by atoms with Crippen molar-refractivity contribution < 1.29 is 18.3 Å². The Morgan fingerprint density at radius 2 is 1.70 bits per heavy atom. The second kappa shape index (κ2) is 4.80. The molecule has 1 heterocycles. The molecule has 0 spiro atoms. The van der Waals surface area contributed by atoms with Crippen molar-refractivity contribution in [3.8, 4) is 0 Å². The monoisotopic (exact) mass is 274 g/mol. The summed E-state index contributed by atoms with van der Waals surface area (Å²) < 4.78 is 34.0. The van der Waals surface area contributed by atoms with Gasteiger partial charge in [0.2, 0.25) is 5.78 Å². The van der Waals surface area contributed by atoms with E-state index >= 15 is 0 Å². The number of carbonyl (C=O) groups excluding carboxylic acids is 1. The fourth-order valence-corrected chi connectivity index (χ4v) is 2.39. The topological polar surface area (TPSA) is 26.3 Å². The van der Waals surface area contributed by atoms with Gasteiger partial charge in [0.15, 0.2) is 6.10 Å². The average molecular weight is 274 g/mol. The molecule has 0 aliphatic carbocycles. The number of ketones is 1. The molecule has 20 heavy (non-hydrogen) atoms. The summed E-state index contributed by atoms with van der Waals surface area (Å²) in [5.41, 5.74) is 1.09. The van der Waals surface area contributed by atoms with Gasteiger partial charge in [-0.2, -0.15) is 8.78 Å². The Labute approximate surface area is 115 Å². The number of Topliss-reactive ketones (excluding diaryl/α,β-unsaturated/α-hetero) is 1. The van der Waals surface area contributed by atoms with Crippen LogP contribution in [-0.2, 0) is 11.3 Å². The fraction of sp³-hybridized carbons (Fsp3) is 0.188. The van der Waals surface area contributed by atoms with E-state index in [0.29, 0.717) is 11.1 Å². The van der Waals surface area contributed by atoms with E-state index in [0.717, 1.165) is 0 Å². The van der Waals surface area contributed by atoms with Crippen molar-refractivity contribution in [1.29, 1.82) is 0 Å². The Kier molecular flexibility index (Phi) is 3.10. The quantitative estimate of drug-likeness (QED) is 0.796. The number of rotatable bonds is 3. The highest BCUT2D eigenvalue weighted by molar-refractivity contribution is 6.01. The average Bonchev–Trinajstić information content (AvgIpc) is 2.92. The molecule has 1 atom stereocenters. The molecule has 1 aliphatic heterocycles. The number of benzene rings is 2. The fourth-order valence-electron chi connectivity index (χ4n) is 2.39. The largest absolute Gasteiger partial charge is 0.362 e. The van der Waals surface area contributed by atoms with Crippen LogP contribution in [0.15, 0.2) is 54.6 Å². The molecule has 4 heteroatoms. The first-order valence-corrected chi connectivity index (χ1v) is 6.28. The molecule has 0 unspecified atom stereocenters. The van der Waals surface area contributed by atoms with Crippen molar-refractivity contribution in [2.24, 2.45) is 0 Å². The predicted molar refractivity (Wildman–Crippen MR) is 69.7 cm³/mol. The second-order valence-corrected chi connectivity index (χ2v) is 4.71. The number of hydrogen-bond donors (Lipinski definition) is 0. The molecule has 0 amide bonds. The molecule has 0 bridgehead atoms. The minimum absolute atomic E-state index is 0.00881. The summed E-state index contributed by atoms with van der Waals surface area (Å²) in [5, 5.41) is 0. The van der Waals surface area contributed by atoms with Crippen LogP contribution in [-0.4, -0.2) is 11.7 Å². The highest BCUT2D eigenvalue weighted by Gasteiger charge is 2.51. The molecular weight excluding hydrogens is 262 g/mol. The molecule has 0 radical (unpaired) electrons. The minimum atomic E-state index is -3.58. The molecule has 2 aromatic rings. The van der Waals surface area contributed by atoms with E-state index in [1.54, 1.807) is 42.5 Å². The molecule has 0 N–H and O–H groups in total. The molecule has 3 rings (SSSR count). The van der Waals surface area contributed by atoms with E-state index in [4.69, 9.17) is 4.74 Å². The summed E-state index contributed by atoms with van der Waals surface area (Å²) >= 11 is 0. The van der Waals surface area contributed by atoms with E-state index in [2.05, 4.69) is 0 Å². The standard InChI is InChI=1S/C16H12F2O2/c17-16(18,14(19)11-6-2-1-3-7-11)15-13-9-5-4-8-12(13)10-20-15/h1-9,15H,10H2/t15-/m1/s1. The van der Waals surface area contributed by atoms with Gasteiger partial charge in [-0.25, -0.2) is 0 Å². The summed E-state index contributed by atoms with van der Waals surface area (Å²) in [7, 11) is 0. The van der Waals surface area contributed by atoms with Gasteiger partial charge in [0.05, 0.1) is 6.61 Å². The molecule has 0 aromatic heterocycles. The van der Waals surface area contributed by atoms with Crippen molar-refractivity contribution >= 4 is 5.78 Å². The second-order valence-electron chi connectivity index (χ2n) is 4.71. The maximum atomic E-state index is 14.4. The van der Waals surface area contributed by atoms with Crippen LogP contribution in [0, 0.1) is 0 Å². The Balaban J connectivity index is 1.96. The van der Waals surface area contributed by atoms with Crippen LogP contribution in [0.4, 0.5) is 8.78 Å². The van der Waals surface area contributed by atoms with Crippen LogP contribution >= 0.6 is 0 Å². The minimum Gasteiger partial charge on any atom is -0.362 e. The number of fused-ring (bicyclic) bond motifs is 1. The highest BCUT2D eigenvalue weighted by Crippen LogP contribution is 2.43. The Morgan fingerprint density at radius 3 is 2.45 bits per heavy atom. The summed E-state index contributed by atoms with van der Waals surface area (Å²) in [4.78, 5) is 12.0. The third-order valence-corrected chi connectivity index (χ3v) is 3.41. The first-order valence-electron chi connectivity index (χ1n) is 6.28. The Morgan fingerprint density at radius 1 is 1.05 bits per heavy atom. The third kappa shape index (κ3) is 2.02. The van der Waals surface area contributed by atoms with Crippen LogP contribution in [0.3, 0.4) is 0 Å². The normalized spacial score (nSPS) is 17.8. The lowest BCUT2D eigenvalue weighted by Crippen LogP contribution is -2.35. The molecule has 0 saturated heterocycles. The number of hydrogen-bond acceptors (Lipinski definition) is 2. The van der Waals surface area contributed by atoms with E-state index in [1.807, 2.05) is 0 Å². The first kappa shape index (κ1) is 12.9. The zero-order valence-electron chi connectivity index (χ0n) is 10.6. The van der Waals surface area contributed by atoms with Crippen molar-refractivity contribution in [3.63, 3.8) is 0 Å². The smallest absolute Gasteiger partial charge is 0.339 e. The van der Waals surface area contributed by atoms with Crippen LogP contribution in [0.5, 0.6) is 0 Å². The lowest BCUT2D eigenvalue weighted by atomic mass is 9.95. The molecule has 0 saturated carbocycles. The van der Waals surface area contributed by atoms with Crippen molar-refractivity contribution in [2.75, 3.05) is 0 Å². The lowest BCUT2D eigenvalue weighted by Gasteiger charge is -2.22. The number of carbonyl (C=O) groups is 1. The molecular formula is C16H12F2O2. The molecule has 102 valence electrons. The predicted octanol–water partition coefficient (Wildman–Crippen LogP) is 3.78. The van der Waals surface area contributed by atoms with Gasteiger partial charge in [0.25, 0.3) is 0 Å². The van der Waals surface area contributed by atoms with E-state index in [1.165, 1.54) is 12.1 Å². The molecule has 0 fully saturated rings. The first-order chi connectivity index (χ1) is 9.60. The van der Waals surface area contributed by atoms with Gasteiger partial charge in [0.1, 0.15) is 0 Å². The van der Waals surface area contributed by atoms with E-state index in [9.17, 15) is 13.6 Å². The summed E-state index contributed by atoms with van der Waals surface area (Å²) in [6, 6.07) is 14.3. The van der Waals surface area contributed by atoms with Crippen molar-refractivity contribution in [2.45, 2.75) is 18.6 Å². The van der Waals surface area contributed by atoms with Crippen LogP contribution in [0.1, 0.15) is 27.6 Å². The number of ether oxygens (including phenoxy) is 1. The lowest BCUT2D eigenvalue weighted by molar-refractivity contribution is -0.105. The van der Waals surface area contributed by atoms with Gasteiger partial charge in [-0.05, 0) is 11.1 Å². The van der Waals surface area contributed by atoms with Crippen molar-refractivity contribution in [3.05, 3.63) is 71.3 Å². The van der Waals surface area contributed by atoms with Crippen LogP contribution < -0.4 is 0 Å². The van der Waals surface area contributed by atoms with E-state index in [-0.39, 0.29) is 12.2 Å². The molecule has 1 aliphatic rings. The van der Waals surface area contributed by atoms with Gasteiger partial charge < -0.3 is 4.74 Å². The Hall–Kier alpha value is -2.07. The van der Waals surface area contributed by atoms with Crippen LogP contribution in [0.2, 0.25) is 0 Å². The van der Waals surface area contributed by atoms with Gasteiger partial charge in [0, 0.05) is 5.56 Å². The van der Waals surface area contributed by atoms with Crippen molar-refractivity contribution in [1.82, 2.24) is 0 Å². The van der Waals surface area contributed by atoms with E-state index < -0.39 is 17.8 Å². The zero-order valence-corrected chi connectivity index (χ0v) is 10.6.